The molecule has 0 fully saturated rings. The topological polar surface area (TPSA) is 26.3 Å². The maximum Gasteiger partial charge on any atom is 0.161 e. The molecule has 0 saturated carbocycles. The molecule has 2 nitrogen and oxygen atoms in total. The third-order valence-corrected chi connectivity index (χ3v) is 2.34. The Balaban J connectivity index is 3.87. The highest BCUT2D eigenvalue weighted by atomic mass is 32.2. The summed E-state index contributed by atoms with van der Waals surface area (Å²) < 4.78 is 16.0. The molecule has 0 saturated heterocycles. The number of hydrogen-bond donors (Lipinski definition) is 0. The first-order valence-corrected chi connectivity index (χ1v) is 4.50. The largest absolute Gasteiger partial charge is 0.287 e. The molecule has 10 heavy (non-hydrogen) atoms. The van der Waals surface area contributed by atoms with Crippen LogP contribution in [0.3, 0.4) is 0 Å². The fourth-order valence-corrected chi connectivity index (χ4v) is 0.957. The van der Waals surface area contributed by atoms with Crippen molar-refractivity contribution in [1.29, 1.82) is 0 Å². The van der Waals surface area contributed by atoms with Gasteiger partial charge in [-0.1, -0.05) is 0 Å². The Labute approximate surface area is 65.6 Å². The van der Waals surface area contributed by atoms with E-state index in [0.29, 0.717) is 0 Å². The van der Waals surface area contributed by atoms with Crippen molar-refractivity contribution in [2.75, 3.05) is 0 Å². The van der Waals surface area contributed by atoms with Crippen LogP contribution in [0, 0.1) is 0 Å². The van der Waals surface area contributed by atoms with E-state index < -0.39 is 11.1 Å². The van der Waals surface area contributed by atoms with Gasteiger partial charge in [-0.15, -0.1) is 0 Å². The molecule has 0 rings (SSSR count). The highest BCUT2D eigenvalue weighted by Crippen LogP contribution is 2.13. The highest BCUT2D eigenvalue weighted by molar-refractivity contribution is 7.81. The van der Waals surface area contributed by atoms with E-state index in [1.54, 1.807) is 0 Å². The standard InChI is InChI=1S/C7H16O2S/c1-6(2)9-10(8)7(3,4)5/h6H,1-5H3/t10-/m1/s1. The molecule has 0 aromatic carbocycles. The minimum absolute atomic E-state index is 0.0417. The summed E-state index contributed by atoms with van der Waals surface area (Å²) in [7, 11) is 0. The number of rotatable bonds is 2. The second-order valence-corrected chi connectivity index (χ2v) is 5.38. The van der Waals surface area contributed by atoms with Crippen LogP contribution in [0.4, 0.5) is 0 Å². The Hall–Kier alpha value is 0.110. The first-order valence-electron chi connectivity index (χ1n) is 3.43. The fraction of sp³-hybridized carbons (Fsp3) is 1.00. The van der Waals surface area contributed by atoms with Crippen molar-refractivity contribution < 1.29 is 8.39 Å². The SMILES string of the molecule is CC(C)O[S@@](=O)C(C)(C)C. The van der Waals surface area contributed by atoms with Crippen LogP contribution in [0.25, 0.3) is 0 Å². The average Bonchev–Trinajstić information content (AvgIpc) is 1.60. The van der Waals surface area contributed by atoms with Gasteiger partial charge in [0.25, 0.3) is 0 Å². The van der Waals surface area contributed by atoms with E-state index in [9.17, 15) is 4.21 Å². The average molecular weight is 164 g/mol. The predicted octanol–water partition coefficient (Wildman–Crippen LogP) is 1.87. The van der Waals surface area contributed by atoms with Gasteiger partial charge in [-0.2, -0.15) is 0 Å². The Morgan fingerprint density at radius 1 is 1.30 bits per heavy atom. The summed E-state index contributed by atoms with van der Waals surface area (Å²) in [4.78, 5) is 0. The highest BCUT2D eigenvalue weighted by Gasteiger charge is 2.21. The van der Waals surface area contributed by atoms with Crippen LogP contribution in [-0.4, -0.2) is 15.1 Å². The van der Waals surface area contributed by atoms with Gasteiger partial charge >= 0.3 is 0 Å². The van der Waals surface area contributed by atoms with Crippen LogP contribution in [0.1, 0.15) is 34.6 Å². The summed E-state index contributed by atoms with van der Waals surface area (Å²) in [6, 6.07) is 0. The molecule has 0 aliphatic carbocycles. The third-order valence-electron chi connectivity index (χ3n) is 0.780. The van der Waals surface area contributed by atoms with Crippen LogP contribution in [0.15, 0.2) is 0 Å². The van der Waals surface area contributed by atoms with Gasteiger partial charge in [0.1, 0.15) is 0 Å². The maximum atomic E-state index is 11.2. The molecule has 0 spiro atoms. The molecule has 3 heteroatoms. The summed E-state index contributed by atoms with van der Waals surface area (Å²) in [6.07, 6.45) is 0.0417. The van der Waals surface area contributed by atoms with Gasteiger partial charge in [-0.3, -0.25) is 4.18 Å². The normalized spacial score (nSPS) is 15.8. The Bertz CT molecular complexity index is 124. The minimum atomic E-state index is -1.17. The molecule has 0 aliphatic rings. The van der Waals surface area contributed by atoms with Gasteiger partial charge in [-0.05, 0) is 34.6 Å². The summed E-state index contributed by atoms with van der Waals surface area (Å²) in [6.45, 7) is 9.44. The summed E-state index contributed by atoms with van der Waals surface area (Å²) in [5.74, 6) is 0. The van der Waals surface area contributed by atoms with E-state index in [1.807, 2.05) is 34.6 Å². The molecule has 1 atom stereocenters. The lowest BCUT2D eigenvalue weighted by Crippen LogP contribution is -2.25. The van der Waals surface area contributed by atoms with Gasteiger partial charge in [0.2, 0.25) is 0 Å². The van der Waals surface area contributed by atoms with Crippen molar-refractivity contribution in [2.45, 2.75) is 45.5 Å². The van der Waals surface area contributed by atoms with Crippen molar-refractivity contribution in [3.63, 3.8) is 0 Å². The fourth-order valence-electron chi connectivity index (χ4n) is 0.319. The van der Waals surface area contributed by atoms with E-state index in [2.05, 4.69) is 0 Å². The second kappa shape index (κ2) is 3.49. The van der Waals surface area contributed by atoms with E-state index in [0.717, 1.165) is 0 Å². The summed E-state index contributed by atoms with van der Waals surface area (Å²) in [5.41, 5.74) is 0. The predicted molar refractivity (Wildman–Crippen MR) is 44.1 cm³/mol. The van der Waals surface area contributed by atoms with Gasteiger partial charge in [0.05, 0.1) is 10.9 Å². The first-order chi connectivity index (χ1) is 4.34. The van der Waals surface area contributed by atoms with Crippen LogP contribution in [-0.2, 0) is 15.3 Å². The maximum absolute atomic E-state index is 11.2. The van der Waals surface area contributed by atoms with E-state index >= 15 is 0 Å². The molecule has 0 radical (unpaired) electrons. The van der Waals surface area contributed by atoms with Gasteiger partial charge in [0, 0.05) is 0 Å². The zero-order valence-corrected chi connectivity index (χ0v) is 8.12. The molecule has 0 aromatic rings. The molecule has 0 heterocycles. The Kier molecular flexibility index (Phi) is 3.52. The molecule has 62 valence electrons. The van der Waals surface area contributed by atoms with E-state index in [1.165, 1.54) is 0 Å². The lowest BCUT2D eigenvalue weighted by molar-refractivity contribution is 0.262. The van der Waals surface area contributed by atoms with E-state index in [4.69, 9.17) is 4.18 Å². The minimum Gasteiger partial charge on any atom is -0.287 e. The zero-order valence-electron chi connectivity index (χ0n) is 7.30. The van der Waals surface area contributed by atoms with Crippen LogP contribution >= 0.6 is 0 Å². The van der Waals surface area contributed by atoms with Crippen LogP contribution < -0.4 is 0 Å². The summed E-state index contributed by atoms with van der Waals surface area (Å²) in [5, 5.41) is 0. The molecular weight excluding hydrogens is 148 g/mol. The molecule has 0 amide bonds. The molecule has 0 aliphatic heterocycles. The molecular formula is C7H16O2S. The summed E-state index contributed by atoms with van der Waals surface area (Å²) >= 11 is -1.17. The molecule has 0 unspecified atom stereocenters. The van der Waals surface area contributed by atoms with Crippen LogP contribution in [0.5, 0.6) is 0 Å². The van der Waals surface area contributed by atoms with Crippen molar-refractivity contribution in [1.82, 2.24) is 0 Å². The quantitative estimate of drug-likeness (QED) is 0.623. The zero-order chi connectivity index (χ0) is 8.36. The van der Waals surface area contributed by atoms with Crippen molar-refractivity contribution >= 4 is 11.1 Å². The molecule has 0 bridgehead atoms. The Morgan fingerprint density at radius 3 is 1.80 bits per heavy atom. The molecule has 0 N–H and O–H groups in total. The van der Waals surface area contributed by atoms with E-state index in [-0.39, 0.29) is 10.9 Å². The van der Waals surface area contributed by atoms with Crippen molar-refractivity contribution in [2.24, 2.45) is 0 Å². The van der Waals surface area contributed by atoms with Gasteiger partial charge < -0.3 is 0 Å². The third kappa shape index (κ3) is 4.01. The first kappa shape index (κ1) is 10.1. The smallest absolute Gasteiger partial charge is 0.161 e. The molecule has 0 aromatic heterocycles. The van der Waals surface area contributed by atoms with Crippen molar-refractivity contribution in [3.05, 3.63) is 0 Å². The monoisotopic (exact) mass is 164 g/mol. The van der Waals surface area contributed by atoms with Crippen molar-refractivity contribution in [3.8, 4) is 0 Å². The Morgan fingerprint density at radius 2 is 1.70 bits per heavy atom. The number of hydrogen-bond acceptors (Lipinski definition) is 2. The van der Waals surface area contributed by atoms with Gasteiger partial charge in [-0.25, -0.2) is 4.21 Å². The second-order valence-electron chi connectivity index (χ2n) is 3.49. The lowest BCUT2D eigenvalue weighted by Gasteiger charge is -2.18. The van der Waals surface area contributed by atoms with Crippen LogP contribution in [0.2, 0.25) is 0 Å². The van der Waals surface area contributed by atoms with Gasteiger partial charge in [0.15, 0.2) is 11.1 Å². The lowest BCUT2D eigenvalue weighted by atomic mass is 10.3.